The van der Waals surface area contributed by atoms with Crippen LogP contribution in [0.15, 0.2) is 0 Å². The van der Waals surface area contributed by atoms with E-state index in [1.807, 2.05) is 0 Å². The summed E-state index contributed by atoms with van der Waals surface area (Å²) in [7, 11) is 0. The molecule has 0 aliphatic rings. The van der Waals surface area contributed by atoms with Crippen molar-refractivity contribution < 1.29 is 5.11 Å². The van der Waals surface area contributed by atoms with Gasteiger partial charge in [0, 0.05) is 6.61 Å². The van der Waals surface area contributed by atoms with Crippen LogP contribution in [0.3, 0.4) is 0 Å². The minimum Gasteiger partial charge on any atom is -0.396 e. The van der Waals surface area contributed by atoms with Crippen molar-refractivity contribution in [2.45, 2.75) is 47.0 Å². The van der Waals surface area contributed by atoms with Crippen LogP contribution in [0.1, 0.15) is 47.0 Å². The second-order valence-electron chi connectivity index (χ2n) is 4.38. The quantitative estimate of drug-likeness (QED) is 0.653. The summed E-state index contributed by atoms with van der Waals surface area (Å²) in [5.41, 5.74) is 0. The highest BCUT2D eigenvalue weighted by Crippen LogP contribution is 2.20. The molecule has 0 bridgehead atoms. The van der Waals surface area contributed by atoms with Crippen LogP contribution >= 0.6 is 0 Å². The van der Waals surface area contributed by atoms with E-state index in [2.05, 4.69) is 27.7 Å². The Morgan fingerprint density at radius 1 is 0.917 bits per heavy atom. The molecule has 0 aliphatic heterocycles. The second-order valence-corrected chi connectivity index (χ2v) is 4.38. The van der Waals surface area contributed by atoms with E-state index in [1.165, 1.54) is 19.3 Å². The Bertz CT molecular complexity index is 89.2. The Morgan fingerprint density at radius 3 is 1.83 bits per heavy atom. The molecule has 1 N–H and O–H groups in total. The van der Waals surface area contributed by atoms with Gasteiger partial charge in [0.1, 0.15) is 0 Å². The van der Waals surface area contributed by atoms with Crippen molar-refractivity contribution in [2.75, 3.05) is 6.61 Å². The fourth-order valence-corrected chi connectivity index (χ4v) is 1.71. The average Bonchev–Trinajstić information content (AvgIpc) is 2.03. The first-order valence-electron chi connectivity index (χ1n) is 5.20. The van der Waals surface area contributed by atoms with E-state index in [-0.39, 0.29) is 0 Å². The average molecular weight is 172 g/mol. The maximum absolute atomic E-state index is 8.87. The summed E-state index contributed by atoms with van der Waals surface area (Å²) >= 11 is 0. The zero-order valence-electron chi connectivity index (χ0n) is 9.01. The molecule has 0 aromatic rings. The van der Waals surface area contributed by atoms with Crippen LogP contribution in [0.5, 0.6) is 0 Å². The van der Waals surface area contributed by atoms with Crippen LogP contribution in [0.25, 0.3) is 0 Å². The van der Waals surface area contributed by atoms with Gasteiger partial charge in [-0.05, 0) is 30.6 Å². The lowest BCUT2D eigenvalue weighted by Crippen LogP contribution is -2.09. The molecule has 0 saturated heterocycles. The topological polar surface area (TPSA) is 20.2 Å². The molecular weight excluding hydrogens is 148 g/mol. The summed E-state index contributed by atoms with van der Waals surface area (Å²) in [6, 6.07) is 0. The van der Waals surface area contributed by atoms with Crippen LogP contribution in [-0.4, -0.2) is 11.7 Å². The van der Waals surface area contributed by atoms with Gasteiger partial charge < -0.3 is 5.11 Å². The SMILES string of the molecule is CC[C@H](C)C[C@@H](C)C[C@H](C)CO. The Morgan fingerprint density at radius 2 is 1.42 bits per heavy atom. The molecule has 0 spiro atoms. The van der Waals surface area contributed by atoms with E-state index in [9.17, 15) is 0 Å². The highest BCUT2D eigenvalue weighted by molar-refractivity contribution is 4.61. The molecule has 0 amide bonds. The van der Waals surface area contributed by atoms with Crippen molar-refractivity contribution in [1.29, 1.82) is 0 Å². The van der Waals surface area contributed by atoms with Gasteiger partial charge >= 0.3 is 0 Å². The van der Waals surface area contributed by atoms with E-state index >= 15 is 0 Å². The largest absolute Gasteiger partial charge is 0.396 e. The molecule has 0 rings (SSSR count). The van der Waals surface area contributed by atoms with E-state index in [0.29, 0.717) is 12.5 Å². The Kier molecular flexibility index (Phi) is 6.45. The van der Waals surface area contributed by atoms with E-state index in [1.54, 1.807) is 0 Å². The van der Waals surface area contributed by atoms with Crippen LogP contribution in [0, 0.1) is 17.8 Å². The third-order valence-corrected chi connectivity index (χ3v) is 2.62. The lowest BCUT2D eigenvalue weighted by Gasteiger charge is -2.18. The molecule has 0 unspecified atom stereocenters. The molecule has 3 atom stereocenters. The highest BCUT2D eigenvalue weighted by atomic mass is 16.3. The Balaban J connectivity index is 3.51. The molecule has 0 aliphatic carbocycles. The van der Waals surface area contributed by atoms with Gasteiger partial charge in [0.2, 0.25) is 0 Å². The predicted molar refractivity (Wildman–Crippen MR) is 54.1 cm³/mol. The summed E-state index contributed by atoms with van der Waals surface area (Å²) in [5, 5.41) is 8.87. The van der Waals surface area contributed by atoms with Crippen molar-refractivity contribution in [1.82, 2.24) is 0 Å². The third-order valence-electron chi connectivity index (χ3n) is 2.62. The zero-order chi connectivity index (χ0) is 9.56. The maximum atomic E-state index is 8.87. The first-order chi connectivity index (χ1) is 5.60. The van der Waals surface area contributed by atoms with Crippen LogP contribution in [0.2, 0.25) is 0 Å². The van der Waals surface area contributed by atoms with Gasteiger partial charge in [-0.25, -0.2) is 0 Å². The molecule has 0 radical (unpaired) electrons. The molecule has 12 heavy (non-hydrogen) atoms. The summed E-state index contributed by atoms with van der Waals surface area (Å²) < 4.78 is 0. The van der Waals surface area contributed by atoms with Crippen LogP contribution in [-0.2, 0) is 0 Å². The molecule has 0 fully saturated rings. The van der Waals surface area contributed by atoms with Crippen molar-refractivity contribution in [2.24, 2.45) is 17.8 Å². The maximum Gasteiger partial charge on any atom is 0.0456 e. The Hall–Kier alpha value is -0.0400. The minimum absolute atomic E-state index is 0.338. The summed E-state index contributed by atoms with van der Waals surface area (Å²) in [6.07, 6.45) is 3.75. The fourth-order valence-electron chi connectivity index (χ4n) is 1.71. The summed E-state index contributed by atoms with van der Waals surface area (Å²) in [6.45, 7) is 9.29. The van der Waals surface area contributed by atoms with Crippen molar-refractivity contribution in [3.8, 4) is 0 Å². The Labute approximate surface area is 77.2 Å². The molecule has 1 nitrogen and oxygen atoms in total. The third kappa shape index (κ3) is 5.59. The number of aliphatic hydroxyl groups excluding tert-OH is 1. The lowest BCUT2D eigenvalue weighted by molar-refractivity contribution is 0.207. The fraction of sp³-hybridized carbons (Fsp3) is 1.00. The number of rotatable bonds is 6. The standard InChI is InChI=1S/C11H24O/c1-5-9(2)6-10(3)7-11(4)8-12/h9-12H,5-8H2,1-4H3/t9-,10+,11-/m0/s1. The molecule has 0 aromatic carbocycles. The molecular formula is C11H24O. The van der Waals surface area contributed by atoms with Gasteiger partial charge in [0.05, 0.1) is 0 Å². The monoisotopic (exact) mass is 172 g/mol. The zero-order valence-corrected chi connectivity index (χ0v) is 9.01. The molecule has 0 aromatic heterocycles. The normalized spacial score (nSPS) is 18.8. The highest BCUT2D eigenvalue weighted by Gasteiger charge is 2.10. The second kappa shape index (κ2) is 6.47. The number of hydrogen-bond acceptors (Lipinski definition) is 1. The lowest BCUT2D eigenvalue weighted by atomic mass is 9.89. The van der Waals surface area contributed by atoms with Gasteiger partial charge in [-0.1, -0.05) is 34.1 Å². The molecule has 74 valence electrons. The van der Waals surface area contributed by atoms with Gasteiger partial charge in [-0.15, -0.1) is 0 Å². The van der Waals surface area contributed by atoms with Crippen molar-refractivity contribution >= 4 is 0 Å². The van der Waals surface area contributed by atoms with Crippen molar-refractivity contribution in [3.05, 3.63) is 0 Å². The van der Waals surface area contributed by atoms with Crippen LogP contribution in [0.4, 0.5) is 0 Å². The molecule has 1 heteroatoms. The first kappa shape index (κ1) is 12.0. The van der Waals surface area contributed by atoms with Gasteiger partial charge in [0.25, 0.3) is 0 Å². The summed E-state index contributed by atoms with van der Waals surface area (Å²) in [5.74, 6) is 2.08. The van der Waals surface area contributed by atoms with Gasteiger partial charge in [-0.3, -0.25) is 0 Å². The summed E-state index contributed by atoms with van der Waals surface area (Å²) in [4.78, 5) is 0. The van der Waals surface area contributed by atoms with E-state index < -0.39 is 0 Å². The van der Waals surface area contributed by atoms with Gasteiger partial charge in [0.15, 0.2) is 0 Å². The van der Waals surface area contributed by atoms with E-state index in [0.717, 1.165) is 11.8 Å². The first-order valence-corrected chi connectivity index (χ1v) is 5.20. The van der Waals surface area contributed by atoms with Crippen LogP contribution < -0.4 is 0 Å². The minimum atomic E-state index is 0.338. The molecule has 0 saturated carbocycles. The smallest absolute Gasteiger partial charge is 0.0456 e. The molecule has 0 heterocycles. The predicted octanol–water partition coefficient (Wildman–Crippen LogP) is 3.08. The van der Waals surface area contributed by atoms with Crippen molar-refractivity contribution in [3.63, 3.8) is 0 Å². The number of hydrogen-bond donors (Lipinski definition) is 1. The van der Waals surface area contributed by atoms with Gasteiger partial charge in [-0.2, -0.15) is 0 Å². The van der Waals surface area contributed by atoms with E-state index in [4.69, 9.17) is 5.11 Å². The number of aliphatic hydroxyl groups is 1.